The van der Waals surface area contributed by atoms with E-state index >= 15 is 0 Å². The van der Waals surface area contributed by atoms with Crippen LogP contribution < -0.4 is 0 Å². The van der Waals surface area contributed by atoms with Crippen molar-refractivity contribution in [1.29, 1.82) is 0 Å². The Morgan fingerprint density at radius 3 is 2.13 bits per heavy atom. The van der Waals surface area contributed by atoms with Crippen LogP contribution in [0.1, 0.15) is 46.4 Å². The number of ketones is 1. The zero-order valence-corrected chi connectivity index (χ0v) is 18.4. The molecule has 156 valence electrons. The summed E-state index contributed by atoms with van der Waals surface area (Å²) in [5.74, 6) is 0.0483. The quantitative estimate of drug-likeness (QED) is 0.632. The number of hydrogen-bond donors (Lipinski definition) is 0. The molecule has 0 saturated carbocycles. The van der Waals surface area contributed by atoms with Crippen molar-refractivity contribution >= 4 is 33.5 Å². The highest BCUT2D eigenvalue weighted by Gasteiger charge is 2.38. The number of carbonyl (C=O) groups excluding carboxylic acids is 3. The summed E-state index contributed by atoms with van der Waals surface area (Å²) < 4.78 is 0.918. The summed E-state index contributed by atoms with van der Waals surface area (Å²) in [7, 11) is 0. The molecular formula is C24H25BrN2O3. The smallest absolute Gasteiger partial charge is 0.254 e. The number of rotatable bonds is 4. The second-order valence-corrected chi connectivity index (χ2v) is 8.91. The fourth-order valence-corrected chi connectivity index (χ4v) is 4.70. The number of piperidine rings is 1. The van der Waals surface area contributed by atoms with Crippen molar-refractivity contribution in [3.8, 4) is 0 Å². The first kappa shape index (κ1) is 20.8. The minimum absolute atomic E-state index is 0.0172. The molecule has 6 heteroatoms. The summed E-state index contributed by atoms with van der Waals surface area (Å²) in [6.45, 7) is 1.74. The van der Waals surface area contributed by atoms with Crippen LogP contribution in [0.4, 0.5) is 0 Å². The van der Waals surface area contributed by atoms with E-state index in [0.29, 0.717) is 44.5 Å². The molecule has 2 amide bonds. The van der Waals surface area contributed by atoms with E-state index in [1.165, 1.54) is 0 Å². The van der Waals surface area contributed by atoms with Gasteiger partial charge in [0.1, 0.15) is 6.04 Å². The largest absolute Gasteiger partial charge is 0.341 e. The van der Waals surface area contributed by atoms with Crippen molar-refractivity contribution in [3.05, 3.63) is 70.2 Å². The van der Waals surface area contributed by atoms with E-state index in [9.17, 15) is 14.4 Å². The molecule has 0 bridgehead atoms. The molecule has 2 heterocycles. The molecule has 2 aliphatic heterocycles. The zero-order chi connectivity index (χ0) is 21.1. The maximum absolute atomic E-state index is 13.2. The van der Waals surface area contributed by atoms with E-state index in [1.807, 2.05) is 47.4 Å². The second kappa shape index (κ2) is 9.13. The summed E-state index contributed by atoms with van der Waals surface area (Å²) in [6, 6.07) is 16.2. The number of carbonyl (C=O) groups is 3. The molecule has 30 heavy (non-hydrogen) atoms. The Labute approximate surface area is 185 Å². The first-order valence-electron chi connectivity index (χ1n) is 10.5. The summed E-state index contributed by atoms with van der Waals surface area (Å²) >= 11 is 3.39. The summed E-state index contributed by atoms with van der Waals surface area (Å²) in [4.78, 5) is 42.4. The van der Waals surface area contributed by atoms with Crippen LogP contribution in [0.25, 0.3) is 0 Å². The van der Waals surface area contributed by atoms with Gasteiger partial charge in [-0.2, -0.15) is 0 Å². The predicted molar refractivity (Wildman–Crippen MR) is 118 cm³/mol. The van der Waals surface area contributed by atoms with Crippen LogP contribution in [0.2, 0.25) is 0 Å². The Morgan fingerprint density at radius 1 is 0.800 bits per heavy atom. The molecule has 0 N–H and O–H groups in total. The SMILES string of the molecule is O=C(c1ccccc1)C1CCN(C(=O)C2CCCN2C(=O)c2ccc(Br)cc2)CC1. The number of benzene rings is 2. The highest BCUT2D eigenvalue weighted by Crippen LogP contribution is 2.26. The molecular weight excluding hydrogens is 444 g/mol. The molecule has 0 aromatic heterocycles. The van der Waals surface area contributed by atoms with Crippen LogP contribution in [0, 0.1) is 5.92 Å². The lowest BCUT2D eigenvalue weighted by atomic mass is 9.88. The number of hydrogen-bond acceptors (Lipinski definition) is 3. The topological polar surface area (TPSA) is 57.7 Å². The van der Waals surface area contributed by atoms with Gasteiger partial charge in [0.05, 0.1) is 0 Å². The highest BCUT2D eigenvalue weighted by molar-refractivity contribution is 9.10. The summed E-state index contributed by atoms with van der Waals surface area (Å²) in [5.41, 5.74) is 1.34. The van der Waals surface area contributed by atoms with Crippen molar-refractivity contribution < 1.29 is 14.4 Å². The van der Waals surface area contributed by atoms with E-state index in [0.717, 1.165) is 16.5 Å². The van der Waals surface area contributed by atoms with Gasteiger partial charge in [-0.15, -0.1) is 0 Å². The lowest BCUT2D eigenvalue weighted by molar-refractivity contribution is -0.136. The molecule has 2 aliphatic rings. The molecule has 2 aromatic rings. The molecule has 1 atom stereocenters. The minimum atomic E-state index is -0.400. The van der Waals surface area contributed by atoms with Gasteiger partial charge in [0.2, 0.25) is 5.91 Å². The third-order valence-corrected chi connectivity index (χ3v) is 6.65. The Balaban J connectivity index is 1.38. The van der Waals surface area contributed by atoms with Gasteiger partial charge in [-0.25, -0.2) is 0 Å². The van der Waals surface area contributed by atoms with E-state index in [1.54, 1.807) is 17.0 Å². The molecule has 0 radical (unpaired) electrons. The Bertz CT molecular complexity index is 921. The van der Waals surface area contributed by atoms with Gasteiger partial charge in [-0.05, 0) is 49.9 Å². The van der Waals surface area contributed by atoms with Crippen LogP contribution in [-0.4, -0.2) is 53.1 Å². The molecule has 0 aliphatic carbocycles. The fourth-order valence-electron chi connectivity index (χ4n) is 4.44. The third kappa shape index (κ3) is 4.33. The molecule has 2 saturated heterocycles. The van der Waals surface area contributed by atoms with Crippen LogP contribution in [0.3, 0.4) is 0 Å². The van der Waals surface area contributed by atoms with E-state index < -0.39 is 6.04 Å². The lowest BCUT2D eigenvalue weighted by Crippen LogP contribution is -2.50. The van der Waals surface area contributed by atoms with Gasteiger partial charge in [-0.3, -0.25) is 14.4 Å². The lowest BCUT2D eigenvalue weighted by Gasteiger charge is -2.35. The van der Waals surface area contributed by atoms with Gasteiger partial charge >= 0.3 is 0 Å². The van der Waals surface area contributed by atoms with Crippen LogP contribution >= 0.6 is 15.9 Å². The maximum Gasteiger partial charge on any atom is 0.254 e. The first-order valence-corrected chi connectivity index (χ1v) is 11.3. The molecule has 1 unspecified atom stereocenters. The Morgan fingerprint density at radius 2 is 1.47 bits per heavy atom. The van der Waals surface area contributed by atoms with Crippen LogP contribution in [0.15, 0.2) is 59.1 Å². The number of nitrogens with zero attached hydrogens (tertiary/aromatic N) is 2. The van der Waals surface area contributed by atoms with Gasteiger partial charge in [0.15, 0.2) is 5.78 Å². The van der Waals surface area contributed by atoms with Crippen LogP contribution in [0.5, 0.6) is 0 Å². The van der Waals surface area contributed by atoms with Crippen molar-refractivity contribution in [2.45, 2.75) is 31.7 Å². The van der Waals surface area contributed by atoms with Gasteiger partial charge in [0, 0.05) is 41.2 Å². The van der Waals surface area contributed by atoms with Gasteiger partial charge in [-0.1, -0.05) is 46.3 Å². The standard InChI is InChI=1S/C24H25BrN2O3/c25-20-10-8-19(9-11-20)23(29)27-14-4-7-21(27)24(30)26-15-12-18(13-16-26)22(28)17-5-2-1-3-6-17/h1-3,5-6,8-11,18,21H,4,7,12-16H2. The Kier molecular flexibility index (Phi) is 6.32. The average Bonchev–Trinajstić information content (AvgIpc) is 3.29. The monoisotopic (exact) mass is 468 g/mol. The number of Topliss-reactive ketones (excluding diaryl/α,β-unsaturated/α-hetero) is 1. The van der Waals surface area contributed by atoms with Crippen molar-refractivity contribution in [2.75, 3.05) is 19.6 Å². The molecule has 5 nitrogen and oxygen atoms in total. The van der Waals surface area contributed by atoms with E-state index in [-0.39, 0.29) is 23.5 Å². The second-order valence-electron chi connectivity index (χ2n) is 7.99. The molecule has 4 rings (SSSR count). The maximum atomic E-state index is 13.2. The van der Waals surface area contributed by atoms with Crippen molar-refractivity contribution in [3.63, 3.8) is 0 Å². The fraction of sp³-hybridized carbons (Fsp3) is 0.375. The molecule has 2 fully saturated rings. The van der Waals surface area contributed by atoms with Crippen LogP contribution in [-0.2, 0) is 4.79 Å². The Hall–Kier alpha value is -2.47. The molecule has 0 spiro atoms. The third-order valence-electron chi connectivity index (χ3n) is 6.13. The summed E-state index contributed by atoms with van der Waals surface area (Å²) in [5, 5.41) is 0. The zero-order valence-electron chi connectivity index (χ0n) is 16.8. The van der Waals surface area contributed by atoms with Gasteiger partial charge in [0.25, 0.3) is 5.91 Å². The minimum Gasteiger partial charge on any atom is -0.341 e. The van der Waals surface area contributed by atoms with Crippen molar-refractivity contribution in [1.82, 2.24) is 9.80 Å². The summed E-state index contributed by atoms with van der Waals surface area (Å²) in [6.07, 6.45) is 2.88. The first-order chi connectivity index (χ1) is 14.5. The van der Waals surface area contributed by atoms with Crippen molar-refractivity contribution in [2.24, 2.45) is 5.92 Å². The van der Waals surface area contributed by atoms with E-state index in [4.69, 9.17) is 0 Å². The molecule has 2 aromatic carbocycles. The highest BCUT2D eigenvalue weighted by atomic mass is 79.9. The number of amides is 2. The number of likely N-dealkylation sites (tertiary alicyclic amines) is 2. The normalized spacial score (nSPS) is 19.7. The average molecular weight is 469 g/mol. The van der Waals surface area contributed by atoms with Gasteiger partial charge < -0.3 is 9.80 Å². The number of halogens is 1. The predicted octanol–water partition coefficient (Wildman–Crippen LogP) is 4.18. The van der Waals surface area contributed by atoms with E-state index in [2.05, 4.69) is 15.9 Å².